The Kier molecular flexibility index (Phi) is 5.42. The molecule has 158 valence electrons. The molecule has 1 N–H and O–H groups in total. The fraction of sp³-hybridized carbons (Fsp3) is 0.364. The second-order valence-electron chi connectivity index (χ2n) is 7.08. The molecule has 0 unspecified atom stereocenters. The Balaban J connectivity index is 1.57. The molecule has 1 aliphatic rings. The van der Waals surface area contributed by atoms with Crippen LogP contribution >= 0.6 is 11.3 Å². The van der Waals surface area contributed by atoms with Gasteiger partial charge in [0.2, 0.25) is 5.75 Å². The summed E-state index contributed by atoms with van der Waals surface area (Å²) in [5, 5.41) is 3.96. The molecule has 0 aliphatic heterocycles. The van der Waals surface area contributed by atoms with Gasteiger partial charge in [0, 0.05) is 29.0 Å². The van der Waals surface area contributed by atoms with Crippen molar-refractivity contribution < 1.29 is 23.4 Å². The highest BCUT2D eigenvalue weighted by Crippen LogP contribution is 2.41. The number of thiazole rings is 1. The van der Waals surface area contributed by atoms with E-state index in [1.165, 1.54) is 4.88 Å². The van der Waals surface area contributed by atoms with Gasteiger partial charge in [-0.15, -0.1) is 11.3 Å². The highest BCUT2D eigenvalue weighted by atomic mass is 32.1. The standard InChI is InChI=1S/C22H24N2O5S/c1-11-18-14(6-7-17-19(18)24-12(2)30-17)29-20(11)22(25)23-10-13-8-15(26-3)21(28-5)16(9-13)27-4/h8-9H,6-7,10H2,1-5H3,(H,23,25). The molecule has 8 heteroatoms. The number of carbonyl (C=O) groups is 1. The van der Waals surface area contributed by atoms with Crippen molar-refractivity contribution in [2.45, 2.75) is 33.2 Å². The first-order valence-corrected chi connectivity index (χ1v) is 10.4. The molecule has 1 amide bonds. The monoisotopic (exact) mass is 428 g/mol. The predicted octanol–water partition coefficient (Wildman–Crippen LogP) is 4.07. The van der Waals surface area contributed by atoms with Crippen molar-refractivity contribution in [1.82, 2.24) is 10.3 Å². The van der Waals surface area contributed by atoms with Crippen LogP contribution in [0.3, 0.4) is 0 Å². The number of aryl methyl sites for hydroxylation is 3. The number of furan rings is 1. The number of rotatable bonds is 6. The summed E-state index contributed by atoms with van der Waals surface area (Å²) in [6.45, 7) is 4.21. The van der Waals surface area contributed by atoms with E-state index in [0.29, 0.717) is 29.6 Å². The van der Waals surface area contributed by atoms with Gasteiger partial charge in [0.15, 0.2) is 17.3 Å². The van der Waals surface area contributed by atoms with Crippen molar-refractivity contribution in [1.29, 1.82) is 0 Å². The van der Waals surface area contributed by atoms with Gasteiger partial charge in [0.25, 0.3) is 5.91 Å². The van der Waals surface area contributed by atoms with E-state index >= 15 is 0 Å². The number of aromatic nitrogens is 1. The third-order valence-corrected chi connectivity index (χ3v) is 6.25. The topological polar surface area (TPSA) is 82.8 Å². The van der Waals surface area contributed by atoms with Crippen LogP contribution in [0.15, 0.2) is 16.5 Å². The summed E-state index contributed by atoms with van der Waals surface area (Å²) >= 11 is 1.71. The van der Waals surface area contributed by atoms with E-state index in [1.54, 1.807) is 32.7 Å². The number of carbonyl (C=O) groups excluding carboxylic acids is 1. The second kappa shape index (κ2) is 8.02. The minimum atomic E-state index is -0.260. The molecule has 0 spiro atoms. The largest absolute Gasteiger partial charge is 0.493 e. The number of hydrogen-bond acceptors (Lipinski definition) is 7. The van der Waals surface area contributed by atoms with E-state index < -0.39 is 0 Å². The zero-order valence-electron chi connectivity index (χ0n) is 17.7. The Morgan fingerprint density at radius 1 is 1.13 bits per heavy atom. The molecule has 3 aromatic rings. The quantitative estimate of drug-likeness (QED) is 0.637. The normalized spacial score (nSPS) is 12.2. The van der Waals surface area contributed by atoms with Crippen LogP contribution < -0.4 is 19.5 Å². The first-order valence-electron chi connectivity index (χ1n) is 9.62. The Hall–Kier alpha value is -3.00. The van der Waals surface area contributed by atoms with Crippen LogP contribution in [0.4, 0.5) is 0 Å². The lowest BCUT2D eigenvalue weighted by Crippen LogP contribution is -2.23. The number of benzene rings is 1. The van der Waals surface area contributed by atoms with E-state index in [4.69, 9.17) is 18.6 Å². The summed E-state index contributed by atoms with van der Waals surface area (Å²) in [6, 6.07) is 3.62. The fourth-order valence-corrected chi connectivity index (χ4v) is 4.78. The minimum Gasteiger partial charge on any atom is -0.493 e. The van der Waals surface area contributed by atoms with Crippen LogP contribution in [-0.4, -0.2) is 32.2 Å². The summed E-state index contributed by atoms with van der Waals surface area (Å²) in [5.41, 5.74) is 3.59. The van der Waals surface area contributed by atoms with Gasteiger partial charge in [0.05, 0.1) is 32.0 Å². The molecule has 7 nitrogen and oxygen atoms in total. The van der Waals surface area contributed by atoms with Crippen LogP contribution in [-0.2, 0) is 19.4 Å². The summed E-state index contributed by atoms with van der Waals surface area (Å²) in [7, 11) is 4.67. The molecule has 1 aromatic carbocycles. The van der Waals surface area contributed by atoms with Crippen LogP contribution in [0.2, 0.25) is 0 Å². The van der Waals surface area contributed by atoms with Crippen molar-refractivity contribution in [3.05, 3.63) is 44.7 Å². The lowest BCUT2D eigenvalue weighted by Gasteiger charge is -2.14. The molecule has 0 radical (unpaired) electrons. The smallest absolute Gasteiger partial charge is 0.287 e. The molecule has 0 bridgehead atoms. The number of fused-ring (bicyclic) bond motifs is 3. The minimum absolute atomic E-state index is 0.260. The van der Waals surface area contributed by atoms with Crippen LogP contribution in [0.5, 0.6) is 17.2 Å². The van der Waals surface area contributed by atoms with Gasteiger partial charge in [0.1, 0.15) is 5.76 Å². The Bertz CT molecular complexity index is 1090. The van der Waals surface area contributed by atoms with Gasteiger partial charge in [-0.2, -0.15) is 0 Å². The number of ether oxygens (including phenoxy) is 3. The maximum Gasteiger partial charge on any atom is 0.287 e. The maximum atomic E-state index is 12.9. The molecular weight excluding hydrogens is 404 g/mol. The molecule has 1 aliphatic carbocycles. The molecule has 2 heterocycles. The summed E-state index contributed by atoms with van der Waals surface area (Å²) in [5.74, 6) is 2.51. The number of amides is 1. The molecule has 2 aromatic heterocycles. The Morgan fingerprint density at radius 2 is 1.83 bits per heavy atom. The lowest BCUT2D eigenvalue weighted by molar-refractivity contribution is 0.0920. The summed E-state index contributed by atoms with van der Waals surface area (Å²) < 4.78 is 22.1. The SMILES string of the molecule is COc1cc(CNC(=O)c2oc3c(c2C)-c2nc(C)sc2CC3)cc(OC)c1OC. The van der Waals surface area contributed by atoms with Gasteiger partial charge in [-0.05, 0) is 38.0 Å². The molecule has 30 heavy (non-hydrogen) atoms. The van der Waals surface area contributed by atoms with Crippen molar-refractivity contribution in [3.8, 4) is 28.5 Å². The third kappa shape index (κ3) is 3.41. The van der Waals surface area contributed by atoms with Gasteiger partial charge in [-0.1, -0.05) is 0 Å². The van der Waals surface area contributed by atoms with Crippen LogP contribution in [0.1, 0.15) is 37.3 Å². The molecule has 0 saturated carbocycles. The molecule has 0 fully saturated rings. The van der Waals surface area contributed by atoms with Crippen molar-refractivity contribution in [2.75, 3.05) is 21.3 Å². The van der Waals surface area contributed by atoms with E-state index in [0.717, 1.165) is 46.0 Å². The van der Waals surface area contributed by atoms with Crippen molar-refractivity contribution in [3.63, 3.8) is 0 Å². The van der Waals surface area contributed by atoms with E-state index in [9.17, 15) is 4.79 Å². The fourth-order valence-electron chi connectivity index (χ4n) is 3.84. The Labute approximate surface area is 179 Å². The van der Waals surface area contributed by atoms with Crippen LogP contribution in [0, 0.1) is 13.8 Å². The average molecular weight is 429 g/mol. The average Bonchev–Trinajstić information content (AvgIpc) is 3.29. The van der Waals surface area contributed by atoms with E-state index in [1.807, 2.05) is 26.0 Å². The van der Waals surface area contributed by atoms with Gasteiger partial charge >= 0.3 is 0 Å². The van der Waals surface area contributed by atoms with Gasteiger partial charge in [-0.3, -0.25) is 4.79 Å². The van der Waals surface area contributed by atoms with Gasteiger partial charge in [-0.25, -0.2) is 4.98 Å². The lowest BCUT2D eigenvalue weighted by atomic mass is 9.97. The number of methoxy groups -OCH3 is 3. The van der Waals surface area contributed by atoms with E-state index in [2.05, 4.69) is 10.3 Å². The second-order valence-corrected chi connectivity index (χ2v) is 8.36. The third-order valence-electron chi connectivity index (χ3n) is 5.22. The molecule has 4 rings (SSSR count). The zero-order valence-corrected chi connectivity index (χ0v) is 18.5. The maximum absolute atomic E-state index is 12.9. The highest BCUT2D eigenvalue weighted by molar-refractivity contribution is 7.12. The number of hydrogen-bond donors (Lipinski definition) is 1. The molecule has 0 atom stereocenters. The highest BCUT2D eigenvalue weighted by Gasteiger charge is 2.29. The summed E-state index contributed by atoms with van der Waals surface area (Å²) in [6.07, 6.45) is 1.68. The first-order chi connectivity index (χ1) is 14.5. The predicted molar refractivity (Wildman–Crippen MR) is 114 cm³/mol. The van der Waals surface area contributed by atoms with E-state index in [-0.39, 0.29) is 5.91 Å². The zero-order chi connectivity index (χ0) is 21.4. The van der Waals surface area contributed by atoms with Crippen molar-refractivity contribution >= 4 is 17.2 Å². The number of nitrogens with one attached hydrogen (secondary N) is 1. The first kappa shape index (κ1) is 20.3. The van der Waals surface area contributed by atoms with Crippen LogP contribution in [0.25, 0.3) is 11.3 Å². The molecular formula is C22H24N2O5S. The molecule has 0 saturated heterocycles. The Morgan fingerprint density at radius 3 is 2.47 bits per heavy atom. The van der Waals surface area contributed by atoms with Crippen molar-refractivity contribution in [2.24, 2.45) is 0 Å². The van der Waals surface area contributed by atoms with Gasteiger partial charge < -0.3 is 23.9 Å². The summed E-state index contributed by atoms with van der Waals surface area (Å²) in [4.78, 5) is 18.8. The number of nitrogens with zero attached hydrogens (tertiary/aromatic N) is 1.